The van der Waals surface area contributed by atoms with Crippen molar-refractivity contribution >= 4 is 33.6 Å². The number of rotatable bonds is 4. The third-order valence-corrected chi connectivity index (χ3v) is 9.01. The number of anilines is 1. The standard InChI is InChI=1S/C22H32N2O2S2/c1-14(2)16-11-10-15(3)12-19(16)26-20-22(13-23-21(27-5)28-22)17-8-6-7-9-18(17)24(20)25-4/h6-9,14-16,19-20H,10-13H2,1-5H3/t15-,16+,19-,20+,22-/m1/s1. The Morgan fingerprint density at radius 2 is 2.07 bits per heavy atom. The Bertz CT molecular complexity index is 741. The van der Waals surface area contributed by atoms with Gasteiger partial charge in [0.05, 0.1) is 25.4 Å². The van der Waals surface area contributed by atoms with Gasteiger partial charge in [-0.05, 0) is 42.9 Å². The molecule has 1 spiro atoms. The largest absolute Gasteiger partial charge is 0.351 e. The minimum atomic E-state index is -0.229. The van der Waals surface area contributed by atoms with Gasteiger partial charge in [0.2, 0.25) is 0 Å². The van der Waals surface area contributed by atoms with Crippen LogP contribution in [0.25, 0.3) is 0 Å². The lowest BCUT2D eigenvalue weighted by Crippen LogP contribution is -2.50. The Morgan fingerprint density at radius 1 is 1.29 bits per heavy atom. The molecule has 0 radical (unpaired) electrons. The van der Waals surface area contributed by atoms with Gasteiger partial charge in [0.15, 0.2) is 6.23 Å². The number of fused-ring (bicyclic) bond motifs is 2. The van der Waals surface area contributed by atoms with Gasteiger partial charge < -0.3 is 4.74 Å². The van der Waals surface area contributed by atoms with Crippen LogP contribution in [0.1, 0.15) is 45.6 Å². The van der Waals surface area contributed by atoms with E-state index in [9.17, 15) is 0 Å². The van der Waals surface area contributed by atoms with Gasteiger partial charge in [-0.2, -0.15) is 0 Å². The minimum Gasteiger partial charge on any atom is -0.351 e. The summed E-state index contributed by atoms with van der Waals surface area (Å²) in [6.07, 6.45) is 5.89. The van der Waals surface area contributed by atoms with Gasteiger partial charge in [0.1, 0.15) is 9.12 Å². The molecular weight excluding hydrogens is 388 g/mol. The van der Waals surface area contributed by atoms with Gasteiger partial charge in [-0.25, -0.2) is 5.06 Å². The van der Waals surface area contributed by atoms with E-state index in [0.717, 1.165) is 23.0 Å². The molecule has 0 bridgehead atoms. The summed E-state index contributed by atoms with van der Waals surface area (Å²) in [4.78, 5) is 10.8. The number of hydroxylamine groups is 1. The topological polar surface area (TPSA) is 34.1 Å². The first kappa shape index (κ1) is 20.6. The van der Waals surface area contributed by atoms with Crippen LogP contribution >= 0.6 is 23.5 Å². The Morgan fingerprint density at radius 3 is 2.75 bits per heavy atom. The summed E-state index contributed by atoms with van der Waals surface area (Å²) >= 11 is 3.58. The SMILES string of the molecule is CON1c2ccccc2[C@]2(CN=C(SC)S2)[C@@H]1O[C@@H]1C[C@H](C)CC[C@H]1C(C)C. The normalized spacial score (nSPS) is 34.9. The Labute approximate surface area is 177 Å². The Balaban J connectivity index is 1.69. The minimum absolute atomic E-state index is 0.162. The molecule has 0 N–H and O–H groups in total. The predicted molar refractivity (Wildman–Crippen MR) is 121 cm³/mol. The van der Waals surface area contributed by atoms with Crippen molar-refractivity contribution in [2.45, 2.75) is 57.1 Å². The lowest BCUT2D eigenvalue weighted by Gasteiger charge is -2.42. The summed E-state index contributed by atoms with van der Waals surface area (Å²) in [5, 5.41) is 2.00. The zero-order chi connectivity index (χ0) is 19.9. The molecule has 0 saturated heterocycles. The Kier molecular flexibility index (Phi) is 6.03. The van der Waals surface area contributed by atoms with Crippen LogP contribution in [0.4, 0.5) is 5.69 Å². The number of para-hydroxylation sites is 1. The van der Waals surface area contributed by atoms with E-state index in [1.165, 1.54) is 18.4 Å². The molecule has 0 unspecified atom stereocenters. The van der Waals surface area contributed by atoms with E-state index in [1.807, 2.05) is 16.8 Å². The van der Waals surface area contributed by atoms with E-state index in [1.54, 1.807) is 18.9 Å². The van der Waals surface area contributed by atoms with E-state index < -0.39 is 0 Å². The average molecular weight is 421 g/mol. The molecule has 2 heterocycles. The first-order valence-electron chi connectivity index (χ1n) is 10.4. The van der Waals surface area contributed by atoms with E-state index in [2.05, 4.69) is 51.3 Å². The molecule has 6 heteroatoms. The van der Waals surface area contributed by atoms with Crippen LogP contribution in [0.3, 0.4) is 0 Å². The van der Waals surface area contributed by atoms with Crippen LogP contribution in [0.2, 0.25) is 0 Å². The highest BCUT2D eigenvalue weighted by molar-refractivity contribution is 8.39. The van der Waals surface area contributed by atoms with Gasteiger partial charge in [-0.15, -0.1) is 11.8 Å². The van der Waals surface area contributed by atoms with Crippen molar-refractivity contribution in [3.05, 3.63) is 29.8 Å². The number of benzene rings is 1. The van der Waals surface area contributed by atoms with E-state index >= 15 is 0 Å². The summed E-state index contributed by atoms with van der Waals surface area (Å²) < 4.78 is 7.92. The molecule has 1 saturated carbocycles. The predicted octanol–water partition coefficient (Wildman–Crippen LogP) is 5.53. The molecule has 154 valence electrons. The van der Waals surface area contributed by atoms with E-state index in [0.29, 0.717) is 17.8 Å². The molecule has 4 rings (SSSR count). The van der Waals surface area contributed by atoms with Crippen molar-refractivity contribution in [2.75, 3.05) is 25.0 Å². The van der Waals surface area contributed by atoms with Crippen LogP contribution in [-0.2, 0) is 14.3 Å². The lowest BCUT2D eigenvalue weighted by molar-refractivity contribution is -0.117. The third-order valence-electron chi connectivity index (χ3n) is 6.56. The monoisotopic (exact) mass is 420 g/mol. The maximum absolute atomic E-state index is 7.01. The Hall–Kier alpha value is -0.690. The maximum atomic E-state index is 7.01. The van der Waals surface area contributed by atoms with Gasteiger partial charge in [-0.3, -0.25) is 9.83 Å². The molecule has 4 nitrogen and oxygen atoms in total. The fourth-order valence-electron chi connectivity index (χ4n) is 5.05. The first-order valence-corrected chi connectivity index (χ1v) is 12.4. The summed E-state index contributed by atoms with van der Waals surface area (Å²) in [5.74, 6) is 1.94. The number of hydrogen-bond acceptors (Lipinski definition) is 6. The fraction of sp³-hybridized carbons (Fsp3) is 0.682. The van der Waals surface area contributed by atoms with Gasteiger partial charge in [-0.1, -0.05) is 57.2 Å². The van der Waals surface area contributed by atoms with Crippen molar-refractivity contribution in [1.29, 1.82) is 0 Å². The second-order valence-corrected chi connectivity index (χ2v) is 11.0. The molecular formula is C22H32N2O2S2. The molecule has 1 aromatic rings. The van der Waals surface area contributed by atoms with Crippen molar-refractivity contribution in [3.8, 4) is 0 Å². The van der Waals surface area contributed by atoms with Crippen molar-refractivity contribution in [1.82, 2.24) is 0 Å². The van der Waals surface area contributed by atoms with E-state index in [4.69, 9.17) is 14.6 Å². The number of thioether (sulfide) groups is 2. The molecule has 3 aliphatic rings. The molecule has 2 aliphatic heterocycles. The number of nitrogens with zero attached hydrogens (tertiary/aromatic N) is 2. The van der Waals surface area contributed by atoms with Gasteiger partial charge in [0, 0.05) is 5.56 Å². The molecule has 1 fully saturated rings. The quantitative estimate of drug-likeness (QED) is 0.639. The number of hydrogen-bond donors (Lipinski definition) is 0. The zero-order valence-corrected chi connectivity index (χ0v) is 19.2. The lowest BCUT2D eigenvalue weighted by atomic mass is 9.75. The van der Waals surface area contributed by atoms with Crippen LogP contribution in [0.5, 0.6) is 0 Å². The average Bonchev–Trinajstić information content (AvgIpc) is 3.23. The smallest absolute Gasteiger partial charge is 0.175 e. The van der Waals surface area contributed by atoms with Crippen molar-refractivity contribution in [3.63, 3.8) is 0 Å². The number of aliphatic imine (C=N–C) groups is 1. The molecule has 1 aliphatic carbocycles. The van der Waals surface area contributed by atoms with E-state index in [-0.39, 0.29) is 17.1 Å². The molecule has 5 atom stereocenters. The van der Waals surface area contributed by atoms with Crippen LogP contribution in [0.15, 0.2) is 29.3 Å². The maximum Gasteiger partial charge on any atom is 0.175 e. The molecule has 1 aromatic carbocycles. The summed E-state index contributed by atoms with van der Waals surface area (Å²) in [5.41, 5.74) is 2.40. The summed E-state index contributed by atoms with van der Waals surface area (Å²) in [6.45, 7) is 7.77. The summed E-state index contributed by atoms with van der Waals surface area (Å²) in [6, 6.07) is 8.56. The van der Waals surface area contributed by atoms with Crippen LogP contribution in [0, 0.1) is 17.8 Å². The third kappa shape index (κ3) is 3.40. The fourth-order valence-corrected chi connectivity index (χ4v) is 7.12. The second-order valence-electron chi connectivity index (χ2n) is 8.66. The highest BCUT2D eigenvalue weighted by Crippen LogP contribution is 2.57. The van der Waals surface area contributed by atoms with Crippen molar-refractivity contribution < 1.29 is 9.57 Å². The zero-order valence-electron chi connectivity index (χ0n) is 17.6. The van der Waals surface area contributed by atoms with Gasteiger partial charge in [0.25, 0.3) is 0 Å². The second kappa shape index (κ2) is 8.21. The van der Waals surface area contributed by atoms with Crippen LogP contribution < -0.4 is 5.06 Å². The van der Waals surface area contributed by atoms with Crippen LogP contribution in [-0.4, -0.2) is 36.6 Å². The highest BCUT2D eigenvalue weighted by atomic mass is 32.2. The molecule has 0 aromatic heterocycles. The molecule has 0 amide bonds. The highest BCUT2D eigenvalue weighted by Gasteiger charge is 2.57. The molecule has 28 heavy (non-hydrogen) atoms. The first-order chi connectivity index (χ1) is 13.5. The number of ether oxygens (including phenoxy) is 1. The van der Waals surface area contributed by atoms with Gasteiger partial charge >= 0.3 is 0 Å². The van der Waals surface area contributed by atoms with Crippen molar-refractivity contribution in [2.24, 2.45) is 22.7 Å². The summed E-state index contributed by atoms with van der Waals surface area (Å²) in [7, 11) is 1.76.